The number of fused-ring (bicyclic) bond motifs is 1. The molecule has 1 aliphatic rings. The molecule has 0 amide bonds. The summed E-state index contributed by atoms with van der Waals surface area (Å²) in [6.07, 6.45) is 6.20. The van der Waals surface area contributed by atoms with E-state index in [1.807, 2.05) is 6.92 Å². The third-order valence-corrected chi connectivity index (χ3v) is 3.01. The summed E-state index contributed by atoms with van der Waals surface area (Å²) >= 11 is 0. The number of carboxylic acid groups (broad SMARTS) is 1. The molecule has 1 unspecified atom stereocenters. The van der Waals surface area contributed by atoms with Crippen molar-refractivity contribution in [2.24, 2.45) is 0 Å². The van der Waals surface area contributed by atoms with Crippen LogP contribution in [0.2, 0.25) is 0 Å². The molecule has 0 bridgehead atoms. The molecule has 1 aromatic heterocycles. The number of nitrogens with zero attached hydrogens (tertiary/aromatic N) is 2. The number of aliphatic carboxylic acids is 1. The third kappa shape index (κ3) is 2.38. The molecule has 1 N–H and O–H groups in total. The number of carbonyl (C=O) groups is 1. The molecule has 0 aromatic carbocycles. The second-order valence-corrected chi connectivity index (χ2v) is 4.39. The molecule has 0 spiro atoms. The molecule has 86 valence electrons. The highest BCUT2D eigenvalue weighted by atomic mass is 16.4. The molecule has 0 saturated heterocycles. The number of aromatic nitrogens is 2. The van der Waals surface area contributed by atoms with Gasteiger partial charge in [-0.3, -0.25) is 14.8 Å². The number of hydrogen-bond donors (Lipinski definition) is 1. The molecule has 0 radical (unpaired) electrons. The van der Waals surface area contributed by atoms with E-state index >= 15 is 0 Å². The average molecular weight is 220 g/mol. The summed E-state index contributed by atoms with van der Waals surface area (Å²) in [6, 6.07) is 0. The molecule has 16 heavy (non-hydrogen) atoms. The van der Waals surface area contributed by atoms with E-state index in [1.54, 1.807) is 6.20 Å². The Morgan fingerprint density at radius 2 is 2.12 bits per heavy atom. The molecule has 1 heterocycles. The zero-order chi connectivity index (χ0) is 11.5. The predicted octanol–water partition coefficient (Wildman–Crippen LogP) is 1.93. The van der Waals surface area contributed by atoms with Gasteiger partial charge in [-0.05, 0) is 25.7 Å². The van der Waals surface area contributed by atoms with Gasteiger partial charge in [0.1, 0.15) is 0 Å². The fourth-order valence-electron chi connectivity index (χ4n) is 2.07. The van der Waals surface area contributed by atoms with Crippen LogP contribution in [-0.4, -0.2) is 21.0 Å². The van der Waals surface area contributed by atoms with Crippen LogP contribution in [0.1, 0.15) is 49.2 Å². The number of carboxylic acids is 1. The normalized spacial score (nSPS) is 16.6. The average Bonchev–Trinajstić information content (AvgIpc) is 2.27. The molecule has 0 saturated carbocycles. The van der Waals surface area contributed by atoms with Gasteiger partial charge in [0.2, 0.25) is 0 Å². The van der Waals surface area contributed by atoms with Crippen LogP contribution in [0.5, 0.6) is 0 Å². The van der Waals surface area contributed by atoms with Crippen molar-refractivity contribution in [3.8, 4) is 0 Å². The first-order chi connectivity index (χ1) is 7.66. The van der Waals surface area contributed by atoms with Gasteiger partial charge in [0.25, 0.3) is 0 Å². The molecular weight excluding hydrogens is 204 g/mol. The highest BCUT2D eigenvalue weighted by Crippen LogP contribution is 2.21. The van der Waals surface area contributed by atoms with Gasteiger partial charge in [-0.2, -0.15) is 0 Å². The molecule has 0 fully saturated rings. The Balaban J connectivity index is 2.19. The van der Waals surface area contributed by atoms with E-state index in [0.717, 1.165) is 29.9 Å². The van der Waals surface area contributed by atoms with Crippen LogP contribution in [-0.2, 0) is 17.6 Å². The Kier molecular flexibility index (Phi) is 3.17. The van der Waals surface area contributed by atoms with Crippen LogP contribution in [0.4, 0.5) is 0 Å². The summed E-state index contributed by atoms with van der Waals surface area (Å²) in [5.74, 6) is -0.843. The van der Waals surface area contributed by atoms with Gasteiger partial charge in [0.15, 0.2) is 0 Å². The largest absolute Gasteiger partial charge is 0.481 e. The minimum Gasteiger partial charge on any atom is -0.481 e. The molecule has 2 rings (SSSR count). The van der Waals surface area contributed by atoms with E-state index in [-0.39, 0.29) is 12.3 Å². The number of rotatable bonds is 3. The van der Waals surface area contributed by atoms with E-state index in [9.17, 15) is 4.79 Å². The zero-order valence-electron chi connectivity index (χ0n) is 9.44. The quantitative estimate of drug-likeness (QED) is 0.845. The van der Waals surface area contributed by atoms with E-state index in [0.29, 0.717) is 0 Å². The summed E-state index contributed by atoms with van der Waals surface area (Å²) in [5.41, 5.74) is 2.97. The fraction of sp³-hybridized carbons (Fsp3) is 0.583. The molecule has 1 aliphatic carbocycles. The van der Waals surface area contributed by atoms with E-state index in [4.69, 9.17) is 5.11 Å². The van der Waals surface area contributed by atoms with E-state index < -0.39 is 5.97 Å². The van der Waals surface area contributed by atoms with Gasteiger partial charge < -0.3 is 5.11 Å². The topological polar surface area (TPSA) is 63.1 Å². The Morgan fingerprint density at radius 1 is 1.44 bits per heavy atom. The van der Waals surface area contributed by atoms with Crippen molar-refractivity contribution < 1.29 is 9.90 Å². The van der Waals surface area contributed by atoms with E-state index in [1.165, 1.54) is 12.8 Å². The van der Waals surface area contributed by atoms with Crippen LogP contribution in [0.3, 0.4) is 0 Å². The van der Waals surface area contributed by atoms with Gasteiger partial charge in [-0.1, -0.05) is 6.92 Å². The lowest BCUT2D eigenvalue weighted by atomic mass is 9.99. The maximum atomic E-state index is 10.6. The number of aryl methyl sites for hydroxylation is 2. The molecule has 4 nitrogen and oxygen atoms in total. The standard InChI is InChI=1S/C12H16N2O2/c1-8(6-12(15)16)11-7-13-9-4-2-3-5-10(9)14-11/h7-8H,2-6H2,1H3,(H,15,16). The lowest BCUT2D eigenvalue weighted by Crippen LogP contribution is -2.12. The van der Waals surface area contributed by atoms with Crippen LogP contribution in [0, 0.1) is 0 Å². The maximum Gasteiger partial charge on any atom is 0.304 e. The van der Waals surface area contributed by atoms with Crippen molar-refractivity contribution in [3.05, 3.63) is 23.3 Å². The van der Waals surface area contributed by atoms with Crippen LogP contribution < -0.4 is 0 Å². The third-order valence-electron chi connectivity index (χ3n) is 3.01. The SMILES string of the molecule is CC(CC(=O)O)c1cnc2c(n1)CCCC2. The van der Waals surface area contributed by atoms with Gasteiger partial charge in [-0.25, -0.2) is 0 Å². The van der Waals surface area contributed by atoms with Crippen LogP contribution in [0.25, 0.3) is 0 Å². The maximum absolute atomic E-state index is 10.6. The summed E-state index contributed by atoms with van der Waals surface area (Å²) in [5, 5.41) is 8.74. The molecule has 1 aromatic rings. The minimum absolute atomic E-state index is 0.0581. The lowest BCUT2D eigenvalue weighted by Gasteiger charge is -2.16. The van der Waals surface area contributed by atoms with Gasteiger partial charge >= 0.3 is 5.97 Å². The minimum atomic E-state index is -0.785. The van der Waals surface area contributed by atoms with Gasteiger partial charge in [-0.15, -0.1) is 0 Å². The smallest absolute Gasteiger partial charge is 0.304 e. The Morgan fingerprint density at radius 3 is 2.81 bits per heavy atom. The Hall–Kier alpha value is -1.45. The van der Waals surface area contributed by atoms with Crippen molar-refractivity contribution in [2.45, 2.75) is 44.9 Å². The summed E-state index contributed by atoms with van der Waals surface area (Å²) in [7, 11) is 0. The summed E-state index contributed by atoms with van der Waals surface area (Å²) in [4.78, 5) is 19.6. The van der Waals surface area contributed by atoms with Gasteiger partial charge in [0.05, 0.1) is 23.5 Å². The Bertz CT molecular complexity index is 404. The highest BCUT2D eigenvalue weighted by molar-refractivity contribution is 5.67. The predicted molar refractivity (Wildman–Crippen MR) is 59.3 cm³/mol. The molecule has 0 aliphatic heterocycles. The Labute approximate surface area is 94.7 Å². The van der Waals surface area contributed by atoms with Gasteiger partial charge in [0, 0.05) is 12.1 Å². The van der Waals surface area contributed by atoms with Crippen molar-refractivity contribution in [3.63, 3.8) is 0 Å². The molecule has 1 atom stereocenters. The van der Waals surface area contributed by atoms with Crippen LogP contribution in [0.15, 0.2) is 6.20 Å². The second-order valence-electron chi connectivity index (χ2n) is 4.39. The molecular formula is C12H16N2O2. The second kappa shape index (κ2) is 4.60. The van der Waals surface area contributed by atoms with Crippen molar-refractivity contribution in [1.29, 1.82) is 0 Å². The fourth-order valence-corrected chi connectivity index (χ4v) is 2.07. The number of hydrogen-bond acceptors (Lipinski definition) is 3. The van der Waals surface area contributed by atoms with E-state index in [2.05, 4.69) is 9.97 Å². The first kappa shape index (κ1) is 11.0. The summed E-state index contributed by atoms with van der Waals surface area (Å²) < 4.78 is 0. The van der Waals surface area contributed by atoms with Crippen molar-refractivity contribution in [2.75, 3.05) is 0 Å². The van der Waals surface area contributed by atoms with Crippen molar-refractivity contribution >= 4 is 5.97 Å². The zero-order valence-corrected chi connectivity index (χ0v) is 9.44. The monoisotopic (exact) mass is 220 g/mol. The first-order valence-corrected chi connectivity index (χ1v) is 5.73. The highest BCUT2D eigenvalue weighted by Gasteiger charge is 2.16. The van der Waals surface area contributed by atoms with Crippen LogP contribution >= 0.6 is 0 Å². The summed E-state index contributed by atoms with van der Waals surface area (Å²) in [6.45, 7) is 1.88. The molecule has 4 heteroatoms. The first-order valence-electron chi connectivity index (χ1n) is 5.73. The van der Waals surface area contributed by atoms with Crippen molar-refractivity contribution in [1.82, 2.24) is 9.97 Å². The lowest BCUT2D eigenvalue weighted by molar-refractivity contribution is -0.137.